The first-order chi connectivity index (χ1) is 26.4. The molecule has 0 aromatic carbocycles. The molecule has 3 atom stereocenters. The van der Waals surface area contributed by atoms with E-state index in [0.717, 1.165) is 54.8 Å². The minimum absolute atomic E-state index is 0.157. The fourth-order valence-electron chi connectivity index (χ4n) is 4.86. The van der Waals surface area contributed by atoms with Gasteiger partial charge in [0.15, 0.2) is 0 Å². The van der Waals surface area contributed by atoms with E-state index in [1.807, 2.05) is 36.5 Å². The van der Waals surface area contributed by atoms with E-state index >= 15 is 0 Å². The van der Waals surface area contributed by atoms with Gasteiger partial charge in [-0.05, 0) is 75.5 Å². The first-order valence-corrected chi connectivity index (χ1v) is 22.3. The number of halogens is 8. The lowest BCUT2D eigenvalue weighted by Crippen LogP contribution is -2.36. The molecule has 3 unspecified atom stereocenters. The summed E-state index contributed by atoms with van der Waals surface area (Å²) in [4.78, 5) is 13.1. The minimum Gasteiger partial charge on any atom is -0.464 e. The van der Waals surface area contributed by atoms with E-state index in [1.54, 1.807) is 6.26 Å². The average Bonchev–Trinajstić information content (AvgIpc) is 3.94. The van der Waals surface area contributed by atoms with Crippen LogP contribution in [0.3, 0.4) is 0 Å². The molecule has 0 bridgehead atoms. The SMILES string of the molecule is CC.CCC1OCCc2sc(I)cc21.COC(=O)C(F)(F)S(=O)(=O)F.CS.NCC1OCCc2sc(C(F)(F)F)cc21.NCC1OCCc2sccc21.[2H]CF. The van der Waals surface area contributed by atoms with Crippen molar-refractivity contribution in [2.45, 2.75) is 76.2 Å². The van der Waals surface area contributed by atoms with Crippen molar-refractivity contribution in [3.05, 3.63) is 62.7 Å². The largest absolute Gasteiger partial charge is 0.470 e. The highest BCUT2D eigenvalue weighted by Crippen LogP contribution is 2.41. The Hall–Kier alpha value is -1.09. The van der Waals surface area contributed by atoms with Crippen LogP contribution in [0.5, 0.6) is 0 Å². The Labute approximate surface area is 350 Å². The number of alkyl halides is 6. The summed E-state index contributed by atoms with van der Waals surface area (Å²) in [6.45, 7) is 9.19. The van der Waals surface area contributed by atoms with Crippen LogP contribution in [0.2, 0.25) is 0 Å². The van der Waals surface area contributed by atoms with Crippen LogP contribution in [0, 0.1) is 2.88 Å². The van der Waals surface area contributed by atoms with Crippen molar-refractivity contribution in [3.63, 3.8) is 0 Å². The molecule has 3 aromatic heterocycles. The molecule has 0 amide bonds. The summed E-state index contributed by atoms with van der Waals surface area (Å²) >= 11 is 10.4. The van der Waals surface area contributed by atoms with Gasteiger partial charge in [-0.3, -0.25) is 4.39 Å². The van der Waals surface area contributed by atoms with Gasteiger partial charge in [0, 0.05) is 47.0 Å². The predicted octanol–water partition coefficient (Wildman–Crippen LogP) is 9.25. The van der Waals surface area contributed by atoms with Crippen molar-refractivity contribution in [1.82, 2.24) is 0 Å². The number of rotatable bonds is 5. The number of nitrogens with two attached hydrogens (primary N) is 2. The van der Waals surface area contributed by atoms with Gasteiger partial charge >= 0.3 is 27.6 Å². The molecule has 0 fully saturated rings. The first-order valence-electron chi connectivity index (χ1n) is 17.1. The summed E-state index contributed by atoms with van der Waals surface area (Å²) in [6.07, 6.45) is 1.40. The summed E-state index contributed by atoms with van der Waals surface area (Å²) in [5.41, 5.74) is 14.4. The molecule has 3 aliphatic rings. The van der Waals surface area contributed by atoms with Crippen molar-refractivity contribution in [2.24, 2.45) is 11.5 Å². The molecule has 6 heterocycles. The van der Waals surface area contributed by atoms with Crippen LogP contribution in [-0.4, -0.2) is 73.1 Å². The molecule has 22 heteroatoms. The van der Waals surface area contributed by atoms with Gasteiger partial charge in [-0.15, -0.1) is 34.0 Å². The number of methoxy groups -OCH3 is 1. The zero-order chi connectivity index (χ0) is 43.3. The van der Waals surface area contributed by atoms with Gasteiger partial charge < -0.3 is 30.4 Å². The second kappa shape index (κ2) is 26.8. The average molecular weight is 1010 g/mol. The van der Waals surface area contributed by atoms with Crippen LogP contribution in [0.4, 0.5) is 30.2 Å². The zero-order valence-electron chi connectivity index (χ0n) is 31.7. The van der Waals surface area contributed by atoms with Crippen LogP contribution in [0.1, 0.15) is 83.1 Å². The monoisotopic (exact) mass is 1010 g/mol. The number of hydrogen-bond acceptors (Lipinski definition) is 13. The molecule has 0 spiro atoms. The van der Waals surface area contributed by atoms with E-state index in [0.29, 0.717) is 38.3 Å². The Morgan fingerprint density at radius 1 is 0.927 bits per heavy atom. The molecular formula is C33H48F7IN2O7S5. The Morgan fingerprint density at radius 2 is 1.38 bits per heavy atom. The molecule has 55 heavy (non-hydrogen) atoms. The highest BCUT2D eigenvalue weighted by Gasteiger charge is 2.55. The van der Waals surface area contributed by atoms with E-state index in [2.05, 4.69) is 64.4 Å². The zero-order valence-corrected chi connectivity index (χ0v) is 37.0. The summed E-state index contributed by atoms with van der Waals surface area (Å²) in [5.74, 6) is -2.44. The van der Waals surface area contributed by atoms with E-state index in [1.165, 1.54) is 23.8 Å². The topological polar surface area (TPSA) is 140 Å². The van der Waals surface area contributed by atoms with E-state index in [9.17, 15) is 43.4 Å². The van der Waals surface area contributed by atoms with Gasteiger partial charge in [0.2, 0.25) is 0 Å². The van der Waals surface area contributed by atoms with Crippen LogP contribution >= 0.6 is 69.2 Å². The van der Waals surface area contributed by atoms with Gasteiger partial charge in [0.1, 0.15) is 4.88 Å². The number of carbonyl (C=O) groups excluding carboxylic acids is 1. The van der Waals surface area contributed by atoms with Gasteiger partial charge in [-0.25, -0.2) is 4.79 Å². The quantitative estimate of drug-likeness (QED) is 0.0751. The third-order valence-electron chi connectivity index (χ3n) is 7.23. The maximum atomic E-state index is 12.4. The molecule has 318 valence electrons. The fraction of sp³-hybridized carbons (Fsp3) is 0.606. The normalized spacial score (nSPS) is 18.5. The smallest absolute Gasteiger partial charge is 0.464 e. The first kappa shape index (κ1) is 51.9. The van der Waals surface area contributed by atoms with Crippen molar-refractivity contribution in [1.29, 1.82) is 0 Å². The second-order valence-corrected chi connectivity index (χ2v) is 16.9. The molecular weight excluding hydrogens is 957 g/mol. The van der Waals surface area contributed by atoms with Crippen LogP contribution in [-0.2, 0) is 59.4 Å². The van der Waals surface area contributed by atoms with Crippen molar-refractivity contribution in [2.75, 3.05) is 53.4 Å². The van der Waals surface area contributed by atoms with Crippen LogP contribution in [0.25, 0.3) is 0 Å². The third kappa shape index (κ3) is 16.2. The summed E-state index contributed by atoms with van der Waals surface area (Å²) < 4.78 is 128. The number of carbonyl (C=O) groups is 1. The minimum atomic E-state index is -6.22. The van der Waals surface area contributed by atoms with E-state index in [4.69, 9.17) is 27.0 Å². The number of fused-ring (bicyclic) bond motifs is 3. The highest BCUT2D eigenvalue weighted by molar-refractivity contribution is 14.1. The molecule has 0 aliphatic carbocycles. The fourth-order valence-corrected chi connectivity index (χ4v) is 9.17. The van der Waals surface area contributed by atoms with Crippen LogP contribution in [0.15, 0.2) is 23.6 Å². The van der Waals surface area contributed by atoms with Gasteiger partial charge in [-0.2, -0.15) is 43.0 Å². The summed E-state index contributed by atoms with van der Waals surface area (Å²) in [5, 5.41) is -3.00. The lowest BCUT2D eigenvalue weighted by molar-refractivity contribution is -0.157. The third-order valence-corrected chi connectivity index (χ3v) is 12.2. The maximum absolute atomic E-state index is 12.4. The van der Waals surface area contributed by atoms with Crippen molar-refractivity contribution in [3.8, 4) is 0 Å². The number of ether oxygens (including phenoxy) is 4. The Kier molecular flexibility index (Phi) is 25.3. The lowest BCUT2D eigenvalue weighted by atomic mass is 10.1. The summed E-state index contributed by atoms with van der Waals surface area (Å²) in [7, 11) is -6.71. The Bertz CT molecular complexity index is 1660. The molecule has 3 aromatic rings. The van der Waals surface area contributed by atoms with Gasteiger partial charge in [0.25, 0.3) is 0 Å². The highest BCUT2D eigenvalue weighted by atomic mass is 127. The van der Waals surface area contributed by atoms with Crippen molar-refractivity contribution >= 4 is 85.4 Å². The second-order valence-electron chi connectivity index (χ2n) is 10.4. The molecule has 9 nitrogen and oxygen atoms in total. The van der Waals surface area contributed by atoms with Gasteiger partial charge in [0.05, 0.1) is 56.7 Å². The number of hydrogen-bond donors (Lipinski definition) is 3. The van der Waals surface area contributed by atoms with E-state index in [-0.39, 0.29) is 18.8 Å². The number of thiophene rings is 3. The number of thiol groups is 1. The Balaban J connectivity index is 0.000000687. The van der Waals surface area contributed by atoms with Gasteiger partial charge in [-0.1, -0.05) is 24.7 Å². The standard InChI is InChI=1S/C9H10F3NOS.C9H11IOS.C8H11NOS.C3H3F3O4S.C2H6.CH3F.CH4S/c10-9(11,12)8-3-5-6(4-13)14-2-1-7(5)15-8;1-2-7-6-5-9(10)12-8(6)3-4-11-7;9-5-7-6-2-4-11-8(6)1-3-10-7;1-10-2(7)3(4,5)11(6,8)9;3*1-2/h3,6H,1-2,4,13H2;5,7H,2-4H2,1H3;2,4,7H,1,3,5,9H2;1H3;1-2H3;1H3;2H,1H3/i;;;;;1D;. The number of esters is 1. The molecule has 0 saturated heterocycles. The van der Waals surface area contributed by atoms with Crippen LogP contribution < -0.4 is 11.5 Å². The molecule has 0 saturated carbocycles. The molecule has 0 radical (unpaired) electrons. The predicted molar refractivity (Wildman–Crippen MR) is 217 cm³/mol. The molecule has 6 rings (SSSR count). The van der Waals surface area contributed by atoms with E-state index < -0.39 is 39.7 Å². The Morgan fingerprint density at radius 3 is 1.82 bits per heavy atom. The lowest BCUT2D eigenvalue weighted by Gasteiger charge is -2.21. The molecule has 3 aliphatic heterocycles. The maximum Gasteiger partial charge on any atom is 0.470 e. The van der Waals surface area contributed by atoms with Crippen molar-refractivity contribution < 1.29 is 63.8 Å². The molecule has 4 N–H and O–H groups in total. The summed E-state index contributed by atoms with van der Waals surface area (Å²) in [6, 6.07) is 5.56.